The molecule has 3 heterocycles. The van der Waals surface area contributed by atoms with Gasteiger partial charge in [-0.05, 0) is 12.1 Å². The zero-order chi connectivity index (χ0) is 17.8. The maximum absolute atomic E-state index is 5.86. The highest BCUT2D eigenvalue weighted by molar-refractivity contribution is 5.69. The van der Waals surface area contributed by atoms with Crippen molar-refractivity contribution in [3.8, 4) is 11.5 Å². The summed E-state index contributed by atoms with van der Waals surface area (Å²) in [5.74, 6) is 2.30. The lowest BCUT2D eigenvalue weighted by atomic mass is 10.3. The molecule has 3 aromatic rings. The van der Waals surface area contributed by atoms with Crippen molar-refractivity contribution in [2.45, 2.75) is 0 Å². The summed E-state index contributed by atoms with van der Waals surface area (Å²) < 4.78 is 11.2. The van der Waals surface area contributed by atoms with Crippen LogP contribution in [0.15, 0.2) is 36.8 Å². The largest absolute Gasteiger partial charge is 0.493 e. The summed E-state index contributed by atoms with van der Waals surface area (Å²) in [5, 5.41) is 0. The molecule has 8 nitrogen and oxygen atoms in total. The smallest absolute Gasteiger partial charge is 0.227 e. The van der Waals surface area contributed by atoms with Gasteiger partial charge in [0, 0.05) is 32.7 Å². The molecule has 0 aliphatic carbocycles. The molecule has 1 aromatic carbocycles. The number of fused-ring (bicyclic) bond motifs is 1. The highest BCUT2D eigenvalue weighted by atomic mass is 16.5. The third-order valence-electron chi connectivity index (χ3n) is 4.55. The number of imidazole rings is 1. The van der Waals surface area contributed by atoms with Crippen LogP contribution >= 0.6 is 0 Å². The van der Waals surface area contributed by atoms with Gasteiger partial charge in [-0.25, -0.2) is 9.97 Å². The maximum Gasteiger partial charge on any atom is 0.227 e. The van der Waals surface area contributed by atoms with Crippen molar-refractivity contribution in [1.82, 2.24) is 24.8 Å². The summed E-state index contributed by atoms with van der Waals surface area (Å²) in [6.07, 6.45) is 3.43. The van der Waals surface area contributed by atoms with Crippen molar-refractivity contribution in [1.29, 1.82) is 0 Å². The van der Waals surface area contributed by atoms with E-state index < -0.39 is 0 Å². The first-order valence-corrected chi connectivity index (χ1v) is 8.73. The van der Waals surface area contributed by atoms with Crippen molar-refractivity contribution in [2.24, 2.45) is 0 Å². The summed E-state index contributed by atoms with van der Waals surface area (Å²) in [4.78, 5) is 20.8. The molecule has 1 aliphatic heterocycles. The number of nitrogens with zero attached hydrogens (tertiary/aromatic N) is 5. The van der Waals surface area contributed by atoms with Gasteiger partial charge in [0.15, 0.2) is 17.1 Å². The number of aromatic amines is 1. The lowest BCUT2D eigenvalue weighted by Gasteiger charge is -2.34. The fourth-order valence-corrected chi connectivity index (χ4v) is 3.07. The average Bonchev–Trinajstić information content (AvgIpc) is 3.17. The number of ether oxygens (including phenoxy) is 2. The summed E-state index contributed by atoms with van der Waals surface area (Å²) in [7, 11) is 1.66. The Bertz CT molecular complexity index is 860. The van der Waals surface area contributed by atoms with E-state index in [0.29, 0.717) is 12.3 Å². The van der Waals surface area contributed by atoms with Gasteiger partial charge in [0.05, 0.1) is 19.6 Å². The van der Waals surface area contributed by atoms with Crippen LogP contribution in [0.5, 0.6) is 11.5 Å². The Morgan fingerprint density at radius 3 is 2.69 bits per heavy atom. The summed E-state index contributed by atoms with van der Waals surface area (Å²) in [5.41, 5.74) is 1.57. The second-order valence-electron chi connectivity index (χ2n) is 6.14. The molecule has 1 fully saturated rings. The van der Waals surface area contributed by atoms with Gasteiger partial charge in [0.25, 0.3) is 0 Å². The molecule has 1 aliphatic rings. The molecule has 8 heteroatoms. The number of anilines is 1. The van der Waals surface area contributed by atoms with Crippen molar-refractivity contribution >= 4 is 17.1 Å². The molecule has 4 rings (SSSR count). The highest BCUT2D eigenvalue weighted by Gasteiger charge is 2.19. The Morgan fingerprint density at radius 1 is 1.08 bits per heavy atom. The number of nitrogens with one attached hydrogen (secondary N) is 1. The number of H-pyrrole nitrogens is 1. The zero-order valence-electron chi connectivity index (χ0n) is 14.8. The number of rotatable bonds is 6. The molecule has 0 radical (unpaired) electrons. The summed E-state index contributed by atoms with van der Waals surface area (Å²) in [6, 6.07) is 7.73. The lowest BCUT2D eigenvalue weighted by Crippen LogP contribution is -2.48. The van der Waals surface area contributed by atoms with E-state index in [0.717, 1.165) is 55.7 Å². The molecule has 0 atom stereocenters. The molecular formula is C18H22N6O2. The van der Waals surface area contributed by atoms with Gasteiger partial charge in [-0.15, -0.1) is 0 Å². The highest BCUT2D eigenvalue weighted by Crippen LogP contribution is 2.25. The number of piperazine rings is 1. The summed E-state index contributed by atoms with van der Waals surface area (Å²) >= 11 is 0. The fraction of sp³-hybridized carbons (Fsp3) is 0.389. The molecule has 26 heavy (non-hydrogen) atoms. The second kappa shape index (κ2) is 7.57. The number of hydrogen-bond acceptors (Lipinski definition) is 7. The quantitative estimate of drug-likeness (QED) is 0.720. The standard InChI is InChI=1S/C18H22N6O2/c1-25-15-4-2-3-5-16(15)26-11-10-23-6-8-24(9-7-23)18-19-12-14-17(22-18)21-13-20-14/h2-5,12-13H,6-11H2,1H3,(H,19,20,21,22). The van der Waals surface area contributed by atoms with Crippen molar-refractivity contribution in [2.75, 3.05) is 51.3 Å². The number of hydrogen-bond donors (Lipinski definition) is 1. The maximum atomic E-state index is 5.86. The molecule has 1 N–H and O–H groups in total. The van der Waals surface area contributed by atoms with Crippen molar-refractivity contribution in [3.05, 3.63) is 36.8 Å². The van der Waals surface area contributed by atoms with Crippen LogP contribution in [0.2, 0.25) is 0 Å². The van der Waals surface area contributed by atoms with Crippen molar-refractivity contribution < 1.29 is 9.47 Å². The first-order chi connectivity index (χ1) is 12.8. The molecule has 136 valence electrons. The van der Waals surface area contributed by atoms with E-state index in [-0.39, 0.29) is 0 Å². The van der Waals surface area contributed by atoms with Gasteiger partial charge in [-0.3, -0.25) is 4.90 Å². The number of para-hydroxylation sites is 2. The van der Waals surface area contributed by atoms with E-state index >= 15 is 0 Å². The SMILES string of the molecule is COc1ccccc1OCCN1CCN(c2ncc3[nH]cnc3n2)CC1. The van der Waals surface area contributed by atoms with Crippen molar-refractivity contribution in [3.63, 3.8) is 0 Å². The van der Waals surface area contributed by atoms with Gasteiger partial charge in [-0.2, -0.15) is 4.98 Å². The lowest BCUT2D eigenvalue weighted by molar-refractivity contribution is 0.196. The molecule has 0 bridgehead atoms. The minimum atomic E-state index is 0.635. The van der Waals surface area contributed by atoms with E-state index in [4.69, 9.17) is 9.47 Å². The van der Waals surface area contributed by atoms with Crippen LogP contribution in [-0.4, -0.2) is 71.3 Å². The third kappa shape index (κ3) is 3.55. The van der Waals surface area contributed by atoms with Crippen LogP contribution in [0.4, 0.5) is 5.95 Å². The topological polar surface area (TPSA) is 79.4 Å². The molecule has 0 amide bonds. The molecule has 2 aromatic heterocycles. The van der Waals surface area contributed by atoms with Crippen LogP contribution in [0.3, 0.4) is 0 Å². The molecule has 0 spiro atoms. The molecule has 0 unspecified atom stereocenters. The Labute approximate surface area is 151 Å². The predicted molar refractivity (Wildman–Crippen MR) is 98.8 cm³/mol. The van der Waals surface area contributed by atoms with Gasteiger partial charge >= 0.3 is 0 Å². The minimum Gasteiger partial charge on any atom is -0.493 e. The van der Waals surface area contributed by atoms with Crippen LogP contribution < -0.4 is 14.4 Å². The molecule has 0 saturated carbocycles. The number of benzene rings is 1. The number of aromatic nitrogens is 4. The summed E-state index contributed by atoms with van der Waals surface area (Å²) in [6.45, 7) is 5.21. The van der Waals surface area contributed by atoms with Crippen LogP contribution in [0.1, 0.15) is 0 Å². The number of methoxy groups -OCH3 is 1. The van der Waals surface area contributed by atoms with Gasteiger partial charge in [-0.1, -0.05) is 12.1 Å². The molecular weight excluding hydrogens is 332 g/mol. The van der Waals surface area contributed by atoms with Gasteiger partial charge in [0.2, 0.25) is 5.95 Å². The second-order valence-corrected chi connectivity index (χ2v) is 6.14. The molecule has 1 saturated heterocycles. The normalized spacial score (nSPS) is 15.3. The Kier molecular flexibility index (Phi) is 4.83. The van der Waals surface area contributed by atoms with E-state index in [9.17, 15) is 0 Å². The van der Waals surface area contributed by atoms with Crippen LogP contribution in [-0.2, 0) is 0 Å². The Balaban J connectivity index is 1.27. The van der Waals surface area contributed by atoms with E-state index in [2.05, 4.69) is 29.7 Å². The van der Waals surface area contributed by atoms with E-state index in [1.165, 1.54) is 0 Å². The minimum absolute atomic E-state index is 0.635. The van der Waals surface area contributed by atoms with Gasteiger partial charge < -0.3 is 19.4 Å². The third-order valence-corrected chi connectivity index (χ3v) is 4.55. The Morgan fingerprint density at radius 2 is 1.88 bits per heavy atom. The monoisotopic (exact) mass is 354 g/mol. The zero-order valence-corrected chi connectivity index (χ0v) is 14.8. The average molecular weight is 354 g/mol. The van der Waals surface area contributed by atoms with Crippen LogP contribution in [0.25, 0.3) is 11.2 Å². The van der Waals surface area contributed by atoms with Gasteiger partial charge in [0.1, 0.15) is 12.1 Å². The van der Waals surface area contributed by atoms with E-state index in [1.54, 1.807) is 19.6 Å². The first-order valence-electron chi connectivity index (χ1n) is 8.73. The van der Waals surface area contributed by atoms with Crippen LogP contribution in [0, 0.1) is 0 Å². The predicted octanol–water partition coefficient (Wildman–Crippen LogP) is 1.56. The van der Waals surface area contributed by atoms with E-state index in [1.807, 2.05) is 24.3 Å². The fourth-order valence-electron chi connectivity index (χ4n) is 3.07. The first kappa shape index (κ1) is 16.6. The Hall–Kier alpha value is -2.87.